The molecular formula is C34H40ClN5O5S. The lowest BCUT2D eigenvalue weighted by Crippen LogP contribution is -2.45. The van der Waals surface area contributed by atoms with Gasteiger partial charge in [0.2, 0.25) is 11.8 Å². The molecule has 3 heterocycles. The number of carbonyl (C=O) groups excluding carboxylic acids is 1. The number of nitrogens with zero attached hydrogens (tertiary/aromatic N) is 4. The van der Waals surface area contributed by atoms with Crippen LogP contribution in [0.3, 0.4) is 0 Å². The van der Waals surface area contributed by atoms with Crippen LogP contribution in [-0.4, -0.2) is 53.9 Å². The van der Waals surface area contributed by atoms with Crippen molar-refractivity contribution in [2.45, 2.75) is 65.1 Å². The summed E-state index contributed by atoms with van der Waals surface area (Å²) in [4.78, 5) is 29.7. The summed E-state index contributed by atoms with van der Waals surface area (Å²) in [6.45, 7) is 10.9. The minimum absolute atomic E-state index is 0. The molecule has 1 N–H and O–H groups in total. The van der Waals surface area contributed by atoms with Gasteiger partial charge in [-0.1, -0.05) is 51.1 Å². The molecule has 0 aliphatic carbocycles. The number of aryl methyl sites for hydroxylation is 2. The zero-order chi connectivity index (χ0) is 32.4. The van der Waals surface area contributed by atoms with Crippen molar-refractivity contribution in [1.82, 2.24) is 19.9 Å². The van der Waals surface area contributed by atoms with Crippen molar-refractivity contribution in [2.24, 2.45) is 5.41 Å². The van der Waals surface area contributed by atoms with E-state index in [4.69, 9.17) is 14.5 Å². The highest BCUT2D eigenvalue weighted by Gasteiger charge is 2.32. The Morgan fingerprint density at radius 2 is 1.63 bits per heavy atom. The van der Waals surface area contributed by atoms with Gasteiger partial charge in [-0.25, -0.2) is 18.1 Å². The van der Waals surface area contributed by atoms with Gasteiger partial charge in [0.05, 0.1) is 41.2 Å². The molecule has 0 radical (unpaired) electrons. The predicted molar refractivity (Wildman–Crippen MR) is 180 cm³/mol. The summed E-state index contributed by atoms with van der Waals surface area (Å²) in [5.41, 5.74) is 4.80. The molecule has 12 heteroatoms. The number of halogens is 1. The predicted octanol–water partition coefficient (Wildman–Crippen LogP) is 6.36. The van der Waals surface area contributed by atoms with Crippen molar-refractivity contribution in [2.75, 3.05) is 18.4 Å². The maximum absolute atomic E-state index is 14.3. The number of nitrogens with one attached hydrogen (secondary N) is 1. The molecule has 10 nitrogen and oxygen atoms in total. The van der Waals surface area contributed by atoms with Crippen LogP contribution in [-0.2, 0) is 27.9 Å². The molecule has 4 aromatic rings. The Morgan fingerprint density at radius 3 is 2.33 bits per heavy atom. The normalized spacial score (nSPS) is 16.2. The average Bonchev–Trinajstić information content (AvgIpc) is 2.97. The van der Waals surface area contributed by atoms with E-state index in [1.165, 1.54) is 12.1 Å². The summed E-state index contributed by atoms with van der Waals surface area (Å²) in [7, 11) is -2.55. The Hall–Kier alpha value is -4.06. The molecule has 1 aliphatic rings. The van der Waals surface area contributed by atoms with Gasteiger partial charge in [0.25, 0.3) is 15.9 Å². The Balaban J connectivity index is 0.00000480. The average molecular weight is 666 g/mol. The number of methoxy groups -OCH3 is 1. The maximum atomic E-state index is 14.3. The largest absolute Gasteiger partial charge is 0.475 e. The molecular weight excluding hydrogens is 626 g/mol. The Morgan fingerprint density at radius 1 is 0.957 bits per heavy atom. The fourth-order valence-corrected chi connectivity index (χ4v) is 6.56. The van der Waals surface area contributed by atoms with Gasteiger partial charge >= 0.3 is 0 Å². The molecule has 0 fully saturated rings. The first-order valence-electron chi connectivity index (χ1n) is 14.8. The van der Waals surface area contributed by atoms with Crippen molar-refractivity contribution in [3.05, 3.63) is 94.8 Å². The molecule has 0 spiro atoms. The van der Waals surface area contributed by atoms with Crippen molar-refractivity contribution in [3.8, 4) is 17.1 Å². The molecule has 46 heavy (non-hydrogen) atoms. The van der Waals surface area contributed by atoms with Crippen LogP contribution < -0.4 is 9.46 Å². The fourth-order valence-electron chi connectivity index (χ4n) is 5.57. The van der Waals surface area contributed by atoms with Crippen LogP contribution >= 0.6 is 12.4 Å². The fraction of sp³-hybridized carbons (Fsp3) is 0.353. The van der Waals surface area contributed by atoms with Gasteiger partial charge in [0.1, 0.15) is 6.61 Å². The highest BCUT2D eigenvalue weighted by Crippen LogP contribution is 2.31. The number of ether oxygens (including phenoxy) is 2. The number of benzene rings is 2. The van der Waals surface area contributed by atoms with Gasteiger partial charge in [-0.05, 0) is 67.1 Å². The molecule has 0 unspecified atom stereocenters. The highest BCUT2D eigenvalue weighted by molar-refractivity contribution is 7.92. The number of hydrogen-bond acceptors (Lipinski definition) is 8. The monoisotopic (exact) mass is 665 g/mol. The first-order valence-corrected chi connectivity index (χ1v) is 16.3. The van der Waals surface area contributed by atoms with Gasteiger partial charge in [0, 0.05) is 24.3 Å². The number of hydrogen-bond donors (Lipinski definition) is 1. The molecule has 2 aromatic heterocycles. The second-order valence-corrected chi connectivity index (χ2v) is 14.2. The number of carbonyl (C=O) groups is 1. The van der Waals surface area contributed by atoms with Gasteiger partial charge in [-0.15, -0.1) is 12.4 Å². The lowest BCUT2D eigenvalue weighted by molar-refractivity contribution is 0.0509. The molecule has 1 amide bonds. The second-order valence-electron chi connectivity index (χ2n) is 12.5. The van der Waals surface area contributed by atoms with Crippen LogP contribution in [0.4, 0.5) is 5.95 Å². The number of amides is 1. The molecule has 0 saturated carbocycles. The molecule has 1 atom stereocenters. The Labute approximate surface area is 277 Å². The van der Waals surface area contributed by atoms with Crippen molar-refractivity contribution in [3.63, 3.8) is 0 Å². The molecule has 0 saturated heterocycles. The minimum atomic E-state index is -4.16. The van der Waals surface area contributed by atoms with Crippen molar-refractivity contribution < 1.29 is 22.7 Å². The molecule has 1 aliphatic heterocycles. The number of aromatic nitrogens is 3. The van der Waals surface area contributed by atoms with Gasteiger partial charge in [-0.2, -0.15) is 4.98 Å². The highest BCUT2D eigenvalue weighted by atomic mass is 35.5. The maximum Gasteiger partial charge on any atom is 0.264 e. The van der Waals surface area contributed by atoms with Crippen LogP contribution in [0, 0.1) is 19.3 Å². The lowest BCUT2D eigenvalue weighted by Gasteiger charge is -2.35. The zero-order valence-corrected chi connectivity index (χ0v) is 28.5. The van der Waals surface area contributed by atoms with E-state index in [0.717, 1.165) is 22.4 Å². The van der Waals surface area contributed by atoms with E-state index in [0.29, 0.717) is 24.4 Å². The quantitative estimate of drug-likeness (QED) is 0.252. The van der Waals surface area contributed by atoms with E-state index in [1.807, 2.05) is 50.2 Å². The van der Waals surface area contributed by atoms with Gasteiger partial charge < -0.3 is 14.4 Å². The molecule has 4 bridgehead atoms. The third-order valence-corrected chi connectivity index (χ3v) is 8.84. The Kier molecular flexibility index (Phi) is 10.7. The second kappa shape index (κ2) is 14.1. The van der Waals surface area contributed by atoms with Gasteiger partial charge in [0.15, 0.2) is 0 Å². The van der Waals surface area contributed by atoms with Crippen LogP contribution in [0.2, 0.25) is 0 Å². The van der Waals surface area contributed by atoms with E-state index >= 15 is 0 Å². The summed E-state index contributed by atoms with van der Waals surface area (Å²) in [5, 5.41) is 0. The SMILES string of the molecule is COCc1cccc(CN2C(=O)c3cccc(c3)S(=O)(=O)Nc3nc(cc(-c4c(C)cccc4C)n3)OC[C@H]2CC(C)(C)C)n1.Cl. The molecule has 5 rings (SSSR count). The number of pyridine rings is 1. The summed E-state index contributed by atoms with van der Waals surface area (Å²) in [5.74, 6) is -0.264. The lowest BCUT2D eigenvalue weighted by atomic mass is 9.87. The van der Waals surface area contributed by atoms with Gasteiger partial charge in [-0.3, -0.25) is 9.78 Å². The minimum Gasteiger partial charge on any atom is -0.475 e. The number of anilines is 1. The summed E-state index contributed by atoms with van der Waals surface area (Å²) >= 11 is 0. The number of fused-ring (bicyclic) bond motifs is 4. The van der Waals surface area contributed by atoms with E-state index in [9.17, 15) is 13.2 Å². The third kappa shape index (κ3) is 8.20. The van der Waals surface area contributed by atoms with E-state index in [1.54, 1.807) is 30.2 Å². The van der Waals surface area contributed by atoms with Crippen LogP contribution in [0.1, 0.15) is 60.1 Å². The van der Waals surface area contributed by atoms with E-state index in [2.05, 4.69) is 35.5 Å². The summed E-state index contributed by atoms with van der Waals surface area (Å²) < 4.78 is 41.3. The molecule has 244 valence electrons. The topological polar surface area (TPSA) is 124 Å². The molecule has 2 aromatic carbocycles. The zero-order valence-electron chi connectivity index (χ0n) is 26.9. The van der Waals surface area contributed by atoms with E-state index < -0.39 is 16.1 Å². The number of sulfonamides is 1. The van der Waals surface area contributed by atoms with E-state index in [-0.39, 0.29) is 59.2 Å². The van der Waals surface area contributed by atoms with Crippen LogP contribution in [0.15, 0.2) is 71.6 Å². The third-order valence-electron chi connectivity index (χ3n) is 7.52. The summed E-state index contributed by atoms with van der Waals surface area (Å²) in [6.07, 6.45) is 0.592. The van der Waals surface area contributed by atoms with Crippen molar-refractivity contribution >= 4 is 34.3 Å². The first-order chi connectivity index (χ1) is 21.3. The standard InChI is InChI=1S/C34H39N5O5S.ClH/c1-22-10-7-11-23(2)31(22)29-17-30-37-33(36-29)38-45(41,42)28-15-8-12-24(16-28)32(40)39(27(21-44-30)18-34(3,4)5)19-25-13-9-14-26(35-25)20-43-6;/h7-17,27H,18-21H2,1-6H3,(H,36,37,38);1H/t27-;/m1./s1. The first kappa shape index (κ1) is 34.8. The smallest absolute Gasteiger partial charge is 0.264 e. The van der Waals surface area contributed by atoms with Crippen molar-refractivity contribution in [1.29, 1.82) is 0 Å². The van der Waals surface area contributed by atoms with Crippen LogP contribution in [0.25, 0.3) is 11.3 Å². The van der Waals surface area contributed by atoms with Crippen LogP contribution in [0.5, 0.6) is 5.88 Å². The number of rotatable bonds is 6. The Bertz CT molecular complexity index is 1810. The summed E-state index contributed by atoms with van der Waals surface area (Å²) in [6, 6.07) is 18.8.